The van der Waals surface area contributed by atoms with Crippen molar-refractivity contribution >= 4 is 16.8 Å². The fraction of sp³-hybridized carbons (Fsp3) is 0.412. The van der Waals surface area contributed by atoms with Crippen molar-refractivity contribution in [1.82, 2.24) is 9.88 Å². The van der Waals surface area contributed by atoms with Crippen LogP contribution >= 0.6 is 0 Å². The molecule has 2 atom stereocenters. The van der Waals surface area contributed by atoms with E-state index in [1.807, 2.05) is 30.0 Å². The van der Waals surface area contributed by atoms with Crippen molar-refractivity contribution in [2.24, 2.45) is 5.92 Å². The van der Waals surface area contributed by atoms with Crippen LogP contribution in [0.4, 0.5) is 0 Å². The third-order valence-electron chi connectivity index (χ3n) is 4.47. The summed E-state index contributed by atoms with van der Waals surface area (Å²) in [6.45, 7) is 7.22. The summed E-state index contributed by atoms with van der Waals surface area (Å²) >= 11 is 0. The van der Waals surface area contributed by atoms with Gasteiger partial charge in [-0.2, -0.15) is 0 Å². The Bertz CT molecular complexity index is 671. The normalized spacial score (nSPS) is 21.4. The first kappa shape index (κ1) is 16.2. The summed E-state index contributed by atoms with van der Waals surface area (Å²) in [5, 5.41) is 0.931. The van der Waals surface area contributed by atoms with Crippen molar-refractivity contribution in [2.75, 3.05) is 6.54 Å². The zero-order valence-corrected chi connectivity index (χ0v) is 15.5. The van der Waals surface area contributed by atoms with Gasteiger partial charge in [-0.25, -0.2) is 0 Å². The number of benzene rings is 1. The monoisotopic (exact) mass is 451 g/mol. The van der Waals surface area contributed by atoms with Gasteiger partial charge in [0.15, 0.2) is 5.91 Å². The molecule has 0 radical (unpaired) electrons. The van der Waals surface area contributed by atoms with Crippen molar-refractivity contribution in [3.05, 3.63) is 41.6 Å². The molecular formula is C17H19N2OW+. The van der Waals surface area contributed by atoms with Gasteiger partial charge in [-0.1, -0.05) is 47.8 Å². The molecule has 0 spiro atoms. The molecule has 2 unspecified atom stereocenters. The molecule has 1 amide bonds. The average Bonchev–Trinajstić information content (AvgIpc) is 2.77. The number of pyridine rings is 1. The molecule has 108 valence electrons. The second-order valence-corrected chi connectivity index (χ2v) is 5.82. The Morgan fingerprint density at radius 1 is 1.38 bits per heavy atom. The van der Waals surface area contributed by atoms with Crippen LogP contribution in [0.2, 0.25) is 0 Å². The summed E-state index contributed by atoms with van der Waals surface area (Å²) in [4.78, 5) is 19.0. The molecule has 3 nitrogen and oxygen atoms in total. The molecule has 1 aliphatic heterocycles. The van der Waals surface area contributed by atoms with E-state index in [0.717, 1.165) is 35.0 Å². The van der Waals surface area contributed by atoms with Crippen molar-refractivity contribution < 1.29 is 25.9 Å². The number of aromatic nitrogens is 1. The van der Waals surface area contributed by atoms with Crippen LogP contribution in [0.1, 0.15) is 36.2 Å². The Morgan fingerprint density at radius 2 is 2.14 bits per heavy atom. The molecular weight excluding hydrogens is 432 g/mol. The van der Waals surface area contributed by atoms with E-state index in [1.54, 1.807) is 6.07 Å². The Balaban J connectivity index is 0.00000161. The molecule has 1 aromatic heterocycles. The van der Waals surface area contributed by atoms with Crippen LogP contribution in [0.15, 0.2) is 24.3 Å². The maximum atomic E-state index is 12.8. The fourth-order valence-electron chi connectivity index (χ4n) is 2.92. The van der Waals surface area contributed by atoms with Gasteiger partial charge in [0.2, 0.25) is 0 Å². The number of likely N-dealkylation sites (tertiary alicyclic amines) is 1. The summed E-state index contributed by atoms with van der Waals surface area (Å²) in [5.41, 5.74) is 2.70. The van der Waals surface area contributed by atoms with Gasteiger partial charge in [0.1, 0.15) is 0 Å². The molecule has 3 rings (SSSR count). The van der Waals surface area contributed by atoms with E-state index in [1.165, 1.54) is 0 Å². The van der Waals surface area contributed by atoms with E-state index < -0.39 is 0 Å². The Labute approximate surface area is 140 Å². The van der Waals surface area contributed by atoms with Crippen molar-refractivity contribution in [3.63, 3.8) is 0 Å². The molecule has 0 bridgehead atoms. The summed E-state index contributed by atoms with van der Waals surface area (Å²) in [5.74, 6) is 0.675. The minimum absolute atomic E-state index is 0. The van der Waals surface area contributed by atoms with E-state index in [9.17, 15) is 4.79 Å². The van der Waals surface area contributed by atoms with E-state index in [0.29, 0.717) is 12.0 Å². The number of nitrogens with zero attached hydrogens (tertiary/aromatic N) is 2. The summed E-state index contributed by atoms with van der Waals surface area (Å²) in [6.07, 6.45) is 3.94. The maximum Gasteiger partial charge on any atom is 2.00 e. The van der Waals surface area contributed by atoms with Crippen molar-refractivity contribution in [2.45, 2.75) is 33.2 Å². The first-order chi connectivity index (χ1) is 9.58. The predicted octanol–water partition coefficient (Wildman–Crippen LogP) is 3.21. The minimum atomic E-state index is 0. The van der Waals surface area contributed by atoms with Crippen LogP contribution in [0.3, 0.4) is 0 Å². The number of carbonyl (C=O) groups excluding carboxylic acids is 1. The second kappa shape index (κ2) is 6.27. The molecule has 0 saturated carbocycles. The van der Waals surface area contributed by atoms with Gasteiger partial charge >= 0.3 is 21.1 Å². The molecule has 1 fully saturated rings. The zero-order chi connectivity index (χ0) is 14.3. The van der Waals surface area contributed by atoms with Gasteiger partial charge in [-0.05, 0) is 31.7 Å². The van der Waals surface area contributed by atoms with Crippen LogP contribution < -0.4 is 0 Å². The molecule has 4 heteroatoms. The summed E-state index contributed by atoms with van der Waals surface area (Å²) in [6, 6.07) is 8.02. The smallest absolute Gasteiger partial charge is 0.386 e. The molecule has 0 aliphatic carbocycles. The number of amides is 1. The minimum Gasteiger partial charge on any atom is -0.386 e. The largest absolute Gasteiger partial charge is 2.00 e. The molecule has 1 aliphatic rings. The van der Waals surface area contributed by atoms with E-state index in [4.69, 9.17) is 0 Å². The molecule has 21 heavy (non-hydrogen) atoms. The number of fused-ring (bicyclic) bond motifs is 1. The molecule has 2 aromatic rings. The van der Waals surface area contributed by atoms with Crippen LogP contribution in [0.25, 0.3) is 10.9 Å². The SMILES string of the molecule is Cc1ccc2n[c-]cc(C(=O)N3CCC(C)C3C)c2c1.[W+2]. The first-order valence-electron chi connectivity index (χ1n) is 7.16. The number of carbonyl (C=O) groups is 1. The Morgan fingerprint density at radius 3 is 2.81 bits per heavy atom. The van der Waals surface area contributed by atoms with Gasteiger partial charge in [0.05, 0.1) is 0 Å². The van der Waals surface area contributed by atoms with Crippen molar-refractivity contribution in [1.29, 1.82) is 0 Å². The van der Waals surface area contributed by atoms with Gasteiger partial charge in [-0.3, -0.25) is 4.79 Å². The number of hydrogen-bond donors (Lipinski definition) is 0. The quantitative estimate of drug-likeness (QED) is 0.625. The summed E-state index contributed by atoms with van der Waals surface area (Å²) < 4.78 is 0. The average molecular weight is 451 g/mol. The van der Waals surface area contributed by atoms with Crippen LogP contribution in [-0.2, 0) is 21.1 Å². The number of rotatable bonds is 1. The van der Waals surface area contributed by atoms with E-state index in [2.05, 4.69) is 25.0 Å². The Hall–Kier alpha value is -1.21. The van der Waals surface area contributed by atoms with E-state index >= 15 is 0 Å². The van der Waals surface area contributed by atoms with E-state index in [-0.39, 0.29) is 27.0 Å². The number of aryl methyl sites for hydroxylation is 1. The van der Waals surface area contributed by atoms with Crippen LogP contribution in [0.5, 0.6) is 0 Å². The number of hydrogen-bond acceptors (Lipinski definition) is 2. The molecule has 1 aromatic carbocycles. The predicted molar refractivity (Wildman–Crippen MR) is 79.6 cm³/mol. The van der Waals surface area contributed by atoms with Gasteiger partial charge in [0.25, 0.3) is 0 Å². The van der Waals surface area contributed by atoms with Gasteiger partial charge < -0.3 is 9.88 Å². The third kappa shape index (κ3) is 2.89. The maximum absolute atomic E-state index is 12.8. The molecule has 2 heterocycles. The second-order valence-electron chi connectivity index (χ2n) is 5.82. The van der Waals surface area contributed by atoms with Crippen LogP contribution in [0, 0.1) is 19.0 Å². The summed E-state index contributed by atoms with van der Waals surface area (Å²) in [7, 11) is 0. The first-order valence-corrected chi connectivity index (χ1v) is 7.16. The Kier molecular flexibility index (Phi) is 4.83. The van der Waals surface area contributed by atoms with Gasteiger partial charge in [-0.15, -0.1) is 6.07 Å². The van der Waals surface area contributed by atoms with Crippen LogP contribution in [-0.4, -0.2) is 28.4 Å². The van der Waals surface area contributed by atoms with Crippen molar-refractivity contribution in [3.8, 4) is 0 Å². The molecule has 1 saturated heterocycles. The standard InChI is InChI=1S/C17H19N2O.W/c1-11-4-5-16-15(10-11)14(6-8-18-16)17(20)19-9-7-12(2)13(19)3;/h4-6,10,12-13H,7,9H2,1-3H3;/q-1;+2. The topological polar surface area (TPSA) is 33.2 Å². The molecule has 0 N–H and O–H groups in total. The fourth-order valence-corrected chi connectivity index (χ4v) is 2.92. The zero-order valence-electron chi connectivity index (χ0n) is 12.6. The van der Waals surface area contributed by atoms with Gasteiger partial charge in [0, 0.05) is 12.6 Å². The third-order valence-corrected chi connectivity index (χ3v) is 4.47.